The highest BCUT2D eigenvalue weighted by Gasteiger charge is 2.25. The zero-order valence-corrected chi connectivity index (χ0v) is 20.0. The molecular weight excluding hydrogens is 531 g/mol. The van der Waals surface area contributed by atoms with Crippen LogP contribution in [0.4, 0.5) is 14.5 Å². The van der Waals surface area contributed by atoms with Crippen molar-refractivity contribution in [2.24, 2.45) is 4.99 Å². The van der Waals surface area contributed by atoms with Crippen molar-refractivity contribution in [2.45, 2.75) is 25.8 Å². The minimum absolute atomic E-state index is 0. The number of H-pyrrole nitrogens is 1. The van der Waals surface area contributed by atoms with Gasteiger partial charge in [0.15, 0.2) is 11.7 Å². The van der Waals surface area contributed by atoms with Gasteiger partial charge in [0.2, 0.25) is 5.82 Å². The topological polar surface area (TPSA) is 94.4 Å². The van der Waals surface area contributed by atoms with Gasteiger partial charge in [-0.25, -0.2) is 13.8 Å². The molecule has 3 aromatic rings. The molecule has 1 atom stereocenters. The second-order valence-corrected chi connectivity index (χ2v) is 7.27. The van der Waals surface area contributed by atoms with Crippen molar-refractivity contribution < 1.29 is 13.2 Å². The van der Waals surface area contributed by atoms with Crippen LogP contribution in [0.5, 0.6) is 0 Å². The van der Waals surface area contributed by atoms with E-state index in [2.05, 4.69) is 30.8 Å². The van der Waals surface area contributed by atoms with Crippen LogP contribution >= 0.6 is 24.0 Å². The lowest BCUT2D eigenvalue weighted by Gasteiger charge is -2.21. The van der Waals surface area contributed by atoms with E-state index in [1.165, 1.54) is 12.1 Å². The summed E-state index contributed by atoms with van der Waals surface area (Å²) in [5.41, 5.74) is 0.422. The SMILES string of the molecule is CCNC(=NCCc1nc(-c2ccco2)n[nH]1)NC1CCN(c2ccc(F)cc2F)C1.I. The van der Waals surface area contributed by atoms with Crippen LogP contribution in [-0.4, -0.2) is 53.4 Å². The van der Waals surface area contributed by atoms with Gasteiger partial charge in [-0.1, -0.05) is 0 Å². The Bertz CT molecular complexity index is 1030. The Balaban J connectivity index is 0.00000289. The number of nitrogens with zero attached hydrogens (tertiary/aromatic N) is 4. The van der Waals surface area contributed by atoms with E-state index in [4.69, 9.17) is 4.42 Å². The summed E-state index contributed by atoms with van der Waals surface area (Å²) in [4.78, 5) is 10.9. The molecule has 1 aromatic carbocycles. The second kappa shape index (κ2) is 11.2. The van der Waals surface area contributed by atoms with Crippen LogP contribution in [0, 0.1) is 11.6 Å². The Labute approximate surface area is 201 Å². The van der Waals surface area contributed by atoms with Gasteiger partial charge in [-0.05, 0) is 37.6 Å². The number of guanidine groups is 1. The third-order valence-electron chi connectivity index (χ3n) is 5.02. The number of aliphatic imine (C=N–C) groups is 1. The summed E-state index contributed by atoms with van der Waals surface area (Å²) in [7, 11) is 0. The van der Waals surface area contributed by atoms with Gasteiger partial charge in [0.25, 0.3) is 0 Å². The predicted octanol–water partition coefficient (Wildman–Crippen LogP) is 3.34. The smallest absolute Gasteiger partial charge is 0.216 e. The number of rotatable bonds is 7. The van der Waals surface area contributed by atoms with Gasteiger partial charge in [-0.3, -0.25) is 10.1 Å². The highest BCUT2D eigenvalue weighted by Crippen LogP contribution is 2.24. The van der Waals surface area contributed by atoms with Crippen LogP contribution in [0.25, 0.3) is 11.6 Å². The van der Waals surface area contributed by atoms with E-state index in [1.54, 1.807) is 18.4 Å². The van der Waals surface area contributed by atoms with Crippen LogP contribution in [0.2, 0.25) is 0 Å². The number of benzene rings is 1. The zero-order chi connectivity index (χ0) is 21.6. The fraction of sp³-hybridized carbons (Fsp3) is 0.381. The lowest BCUT2D eigenvalue weighted by atomic mass is 10.2. The molecule has 0 bridgehead atoms. The van der Waals surface area contributed by atoms with Crippen LogP contribution in [0.1, 0.15) is 19.2 Å². The molecule has 172 valence electrons. The molecule has 32 heavy (non-hydrogen) atoms. The molecule has 0 spiro atoms. The average Bonchev–Trinajstić information content (AvgIpc) is 3.50. The zero-order valence-electron chi connectivity index (χ0n) is 17.6. The first kappa shape index (κ1) is 24.0. The van der Waals surface area contributed by atoms with Gasteiger partial charge in [0.05, 0.1) is 12.0 Å². The number of halogens is 3. The van der Waals surface area contributed by atoms with E-state index in [1.807, 2.05) is 11.8 Å². The van der Waals surface area contributed by atoms with Gasteiger partial charge in [0, 0.05) is 44.7 Å². The molecular formula is C21H26F2IN7O. The Morgan fingerprint density at radius 3 is 2.97 bits per heavy atom. The molecule has 1 unspecified atom stereocenters. The summed E-state index contributed by atoms with van der Waals surface area (Å²) in [5, 5.41) is 13.7. The minimum atomic E-state index is -0.570. The average molecular weight is 557 g/mol. The van der Waals surface area contributed by atoms with E-state index < -0.39 is 11.6 Å². The Morgan fingerprint density at radius 2 is 2.22 bits per heavy atom. The summed E-state index contributed by atoms with van der Waals surface area (Å²) in [5.74, 6) is 1.45. The first-order valence-corrected chi connectivity index (χ1v) is 10.3. The number of nitrogens with one attached hydrogen (secondary N) is 3. The summed E-state index contributed by atoms with van der Waals surface area (Å²) in [6.45, 7) is 4.54. The number of aromatic nitrogens is 3. The molecule has 0 radical (unpaired) electrons. The van der Waals surface area contributed by atoms with Crippen molar-refractivity contribution >= 4 is 35.6 Å². The van der Waals surface area contributed by atoms with Crippen molar-refractivity contribution in [2.75, 3.05) is 31.1 Å². The van der Waals surface area contributed by atoms with E-state index >= 15 is 0 Å². The summed E-state index contributed by atoms with van der Waals surface area (Å²) in [6.07, 6.45) is 3.01. The summed E-state index contributed by atoms with van der Waals surface area (Å²) < 4.78 is 32.5. The predicted molar refractivity (Wildman–Crippen MR) is 129 cm³/mol. The number of aromatic amines is 1. The van der Waals surface area contributed by atoms with Gasteiger partial charge in [-0.15, -0.1) is 24.0 Å². The van der Waals surface area contributed by atoms with E-state index in [-0.39, 0.29) is 30.0 Å². The molecule has 0 saturated carbocycles. The van der Waals surface area contributed by atoms with Gasteiger partial charge < -0.3 is 20.0 Å². The van der Waals surface area contributed by atoms with Gasteiger partial charge in [-0.2, -0.15) is 5.10 Å². The summed E-state index contributed by atoms with van der Waals surface area (Å²) >= 11 is 0. The van der Waals surface area contributed by atoms with Crippen LogP contribution in [-0.2, 0) is 6.42 Å². The monoisotopic (exact) mass is 557 g/mol. The second-order valence-electron chi connectivity index (χ2n) is 7.27. The fourth-order valence-corrected chi connectivity index (χ4v) is 3.54. The number of hydrogen-bond donors (Lipinski definition) is 3. The van der Waals surface area contributed by atoms with E-state index in [0.717, 1.165) is 24.9 Å². The molecule has 1 aliphatic rings. The summed E-state index contributed by atoms with van der Waals surface area (Å²) in [6, 6.07) is 7.40. The maximum atomic E-state index is 14.1. The molecule has 4 rings (SSSR count). The van der Waals surface area contributed by atoms with Crippen LogP contribution in [0.3, 0.4) is 0 Å². The molecule has 1 saturated heterocycles. The molecule has 1 aliphatic heterocycles. The molecule has 0 aliphatic carbocycles. The molecule has 8 nitrogen and oxygen atoms in total. The highest BCUT2D eigenvalue weighted by molar-refractivity contribution is 14.0. The van der Waals surface area contributed by atoms with Crippen LogP contribution in [0.15, 0.2) is 46.0 Å². The van der Waals surface area contributed by atoms with E-state index in [0.29, 0.717) is 49.3 Å². The lowest BCUT2D eigenvalue weighted by Crippen LogP contribution is -2.44. The molecule has 11 heteroatoms. The molecule has 1 fully saturated rings. The third-order valence-corrected chi connectivity index (χ3v) is 5.02. The Morgan fingerprint density at radius 1 is 1.34 bits per heavy atom. The molecule has 3 heterocycles. The van der Waals surface area contributed by atoms with Crippen molar-refractivity contribution in [1.29, 1.82) is 0 Å². The fourth-order valence-electron chi connectivity index (χ4n) is 3.54. The Hall–Kier alpha value is -2.70. The minimum Gasteiger partial charge on any atom is -0.461 e. The van der Waals surface area contributed by atoms with Crippen molar-refractivity contribution in [3.63, 3.8) is 0 Å². The van der Waals surface area contributed by atoms with Crippen molar-refractivity contribution in [3.8, 4) is 11.6 Å². The molecule has 2 aromatic heterocycles. The standard InChI is InChI=1S/C21H25F2N7O.HI/c1-2-24-21(25-9-7-19-27-20(29-28-19)18-4-3-11-31-18)26-15-8-10-30(13-15)17-6-5-14(22)12-16(17)23;/h3-6,11-12,15H,2,7-10,13H2,1H3,(H2,24,25,26)(H,27,28,29);1H. The van der Waals surface area contributed by atoms with Gasteiger partial charge in [0.1, 0.15) is 17.5 Å². The third kappa shape index (κ3) is 5.96. The van der Waals surface area contributed by atoms with Crippen molar-refractivity contribution in [1.82, 2.24) is 25.8 Å². The number of furan rings is 1. The number of hydrogen-bond acceptors (Lipinski definition) is 5. The first-order chi connectivity index (χ1) is 15.1. The van der Waals surface area contributed by atoms with E-state index in [9.17, 15) is 8.78 Å². The lowest BCUT2D eigenvalue weighted by molar-refractivity contribution is 0.577. The first-order valence-electron chi connectivity index (χ1n) is 10.3. The largest absolute Gasteiger partial charge is 0.461 e. The van der Waals surface area contributed by atoms with Crippen LogP contribution < -0.4 is 15.5 Å². The molecule has 0 amide bonds. The number of anilines is 1. The highest BCUT2D eigenvalue weighted by atomic mass is 127. The Kier molecular flexibility index (Phi) is 8.42. The molecule has 3 N–H and O–H groups in total. The van der Waals surface area contributed by atoms with Gasteiger partial charge >= 0.3 is 0 Å². The maximum absolute atomic E-state index is 14.1. The van der Waals surface area contributed by atoms with Crippen molar-refractivity contribution in [3.05, 3.63) is 54.1 Å². The normalized spacial score (nSPS) is 16.2. The maximum Gasteiger partial charge on any atom is 0.216 e. The quantitative estimate of drug-likeness (QED) is 0.235.